The van der Waals surface area contributed by atoms with Crippen molar-refractivity contribution in [3.8, 4) is 17.3 Å². The lowest BCUT2D eigenvalue weighted by Gasteiger charge is -2.06. The summed E-state index contributed by atoms with van der Waals surface area (Å²) in [5.41, 5.74) is 4.73. The molecule has 0 N–H and O–H groups in total. The van der Waals surface area contributed by atoms with Crippen LogP contribution in [-0.4, -0.2) is 14.7 Å². The van der Waals surface area contributed by atoms with Crippen molar-refractivity contribution in [2.45, 2.75) is 13.0 Å². The van der Waals surface area contributed by atoms with Crippen LogP contribution in [0.5, 0.6) is 0 Å². The molecular weight excluding hydrogens is 360 g/mol. The Hall–Kier alpha value is -3.36. The lowest BCUT2D eigenvalue weighted by Crippen LogP contribution is -2.03. The van der Waals surface area contributed by atoms with E-state index in [0.29, 0.717) is 12.1 Å². The molecule has 2 heterocycles. The van der Waals surface area contributed by atoms with E-state index < -0.39 is 0 Å². The van der Waals surface area contributed by atoms with Crippen LogP contribution in [0.4, 0.5) is 0 Å². The van der Waals surface area contributed by atoms with E-state index in [1.165, 1.54) is 0 Å². The highest BCUT2D eigenvalue weighted by Crippen LogP contribution is 2.20. The van der Waals surface area contributed by atoms with Gasteiger partial charge in [0.25, 0.3) is 0 Å². The van der Waals surface area contributed by atoms with Gasteiger partial charge in [0.05, 0.1) is 24.5 Å². The van der Waals surface area contributed by atoms with E-state index in [0.717, 1.165) is 34.7 Å². The van der Waals surface area contributed by atoms with E-state index in [1.54, 1.807) is 6.33 Å². The zero-order valence-corrected chi connectivity index (χ0v) is 15.3. The number of aromatic nitrogens is 3. The summed E-state index contributed by atoms with van der Waals surface area (Å²) in [5, 5.41) is 13.1. The largest absolute Gasteiger partial charge is 0.359 e. The van der Waals surface area contributed by atoms with Crippen LogP contribution in [0.3, 0.4) is 0 Å². The quantitative estimate of drug-likeness (QED) is 0.515. The van der Waals surface area contributed by atoms with Crippen molar-refractivity contribution in [1.29, 1.82) is 5.26 Å². The summed E-state index contributed by atoms with van der Waals surface area (Å²) < 4.78 is 7.54. The van der Waals surface area contributed by atoms with Crippen LogP contribution in [0.2, 0.25) is 0 Å². The van der Waals surface area contributed by atoms with Gasteiger partial charge < -0.3 is 9.09 Å². The highest BCUT2D eigenvalue weighted by Gasteiger charge is 2.10. The number of nitrogens with zero attached hydrogens (tertiary/aromatic N) is 4. The minimum absolute atomic E-state index is 0. The van der Waals surface area contributed by atoms with Gasteiger partial charge in [-0.15, -0.1) is 12.4 Å². The molecule has 0 bridgehead atoms. The maximum atomic E-state index is 8.90. The van der Waals surface area contributed by atoms with Crippen LogP contribution < -0.4 is 0 Å². The molecule has 0 aliphatic rings. The molecule has 2 aromatic carbocycles. The summed E-state index contributed by atoms with van der Waals surface area (Å²) in [7, 11) is 0. The third-order valence-corrected chi connectivity index (χ3v) is 4.22. The summed E-state index contributed by atoms with van der Waals surface area (Å²) in [4.78, 5) is 4.26. The summed E-state index contributed by atoms with van der Waals surface area (Å²) in [6.45, 7) is 0.575. The van der Waals surface area contributed by atoms with E-state index >= 15 is 0 Å². The highest BCUT2D eigenvalue weighted by molar-refractivity contribution is 5.85. The van der Waals surface area contributed by atoms with E-state index in [-0.39, 0.29) is 12.4 Å². The molecule has 0 spiro atoms. The van der Waals surface area contributed by atoms with Gasteiger partial charge in [0.1, 0.15) is 5.69 Å². The van der Waals surface area contributed by atoms with Gasteiger partial charge in [0.2, 0.25) is 0 Å². The predicted molar refractivity (Wildman–Crippen MR) is 104 cm³/mol. The van der Waals surface area contributed by atoms with Crippen molar-refractivity contribution in [3.05, 3.63) is 95.8 Å². The molecule has 0 aliphatic carbocycles. The first-order chi connectivity index (χ1) is 12.8. The van der Waals surface area contributed by atoms with Crippen molar-refractivity contribution < 1.29 is 4.52 Å². The van der Waals surface area contributed by atoms with E-state index in [1.807, 2.05) is 71.4 Å². The second kappa shape index (κ2) is 8.35. The van der Waals surface area contributed by atoms with Gasteiger partial charge >= 0.3 is 0 Å². The Morgan fingerprint density at radius 1 is 1.04 bits per heavy atom. The number of hydrogen-bond donors (Lipinski definition) is 0. The molecule has 0 unspecified atom stereocenters. The maximum absolute atomic E-state index is 8.90. The van der Waals surface area contributed by atoms with Gasteiger partial charge in [0.15, 0.2) is 5.76 Å². The predicted octanol–water partition coefficient (Wildman–Crippen LogP) is 4.47. The highest BCUT2D eigenvalue weighted by atomic mass is 35.5. The van der Waals surface area contributed by atoms with Gasteiger partial charge in [0, 0.05) is 29.9 Å². The average molecular weight is 377 g/mol. The molecule has 0 fully saturated rings. The summed E-state index contributed by atoms with van der Waals surface area (Å²) in [6.07, 6.45) is 4.39. The zero-order chi connectivity index (χ0) is 17.8. The molecule has 6 heteroatoms. The van der Waals surface area contributed by atoms with Crippen molar-refractivity contribution >= 4 is 12.4 Å². The number of rotatable bonds is 5. The molecule has 27 heavy (non-hydrogen) atoms. The third-order valence-electron chi connectivity index (χ3n) is 4.22. The normalized spacial score (nSPS) is 10.2. The Labute approximate surface area is 163 Å². The Kier molecular flexibility index (Phi) is 5.70. The molecule has 0 saturated heterocycles. The Bertz CT molecular complexity index is 1050. The summed E-state index contributed by atoms with van der Waals surface area (Å²) in [5.74, 6) is 0.780. The third kappa shape index (κ3) is 4.25. The Morgan fingerprint density at radius 3 is 2.56 bits per heavy atom. The van der Waals surface area contributed by atoms with E-state index in [2.05, 4.69) is 16.2 Å². The fraction of sp³-hybridized carbons (Fsp3) is 0.0952. The molecule has 2 aromatic heterocycles. The summed E-state index contributed by atoms with van der Waals surface area (Å²) >= 11 is 0. The van der Waals surface area contributed by atoms with Gasteiger partial charge in [-0.1, -0.05) is 47.6 Å². The monoisotopic (exact) mass is 376 g/mol. The van der Waals surface area contributed by atoms with Crippen LogP contribution >= 0.6 is 12.4 Å². The molecular formula is C21H17ClN4O. The van der Waals surface area contributed by atoms with Crippen LogP contribution in [0.15, 0.2) is 77.7 Å². The average Bonchev–Trinajstić information content (AvgIpc) is 3.33. The van der Waals surface area contributed by atoms with Crippen LogP contribution in [0.1, 0.15) is 22.6 Å². The van der Waals surface area contributed by atoms with Gasteiger partial charge in [-0.3, -0.25) is 0 Å². The molecule has 134 valence electrons. The SMILES string of the molecule is Cl.N#Cc1ccc(Cc2cncn2Cc2cc(-c3ccccc3)no2)cc1. The molecule has 4 rings (SSSR count). The second-order valence-corrected chi connectivity index (χ2v) is 6.04. The number of nitriles is 1. The minimum Gasteiger partial charge on any atom is -0.359 e. The lowest BCUT2D eigenvalue weighted by molar-refractivity contribution is 0.377. The van der Waals surface area contributed by atoms with Gasteiger partial charge in [-0.05, 0) is 17.7 Å². The second-order valence-electron chi connectivity index (χ2n) is 6.04. The Morgan fingerprint density at radius 2 is 1.81 bits per heavy atom. The molecule has 0 atom stereocenters. The fourth-order valence-electron chi connectivity index (χ4n) is 2.84. The molecule has 0 amide bonds. The maximum Gasteiger partial charge on any atom is 0.157 e. The van der Waals surface area contributed by atoms with Gasteiger partial charge in [-0.25, -0.2) is 4.98 Å². The number of imidazole rings is 1. The molecule has 0 aliphatic heterocycles. The lowest BCUT2D eigenvalue weighted by atomic mass is 10.1. The number of hydrogen-bond acceptors (Lipinski definition) is 4. The van der Waals surface area contributed by atoms with Crippen LogP contribution in [0, 0.1) is 11.3 Å². The Balaban J connectivity index is 0.00000210. The minimum atomic E-state index is 0. The van der Waals surface area contributed by atoms with Crippen molar-refractivity contribution in [2.75, 3.05) is 0 Å². The zero-order valence-electron chi connectivity index (χ0n) is 14.4. The molecule has 4 aromatic rings. The topological polar surface area (TPSA) is 67.6 Å². The first-order valence-corrected chi connectivity index (χ1v) is 8.31. The smallest absolute Gasteiger partial charge is 0.157 e. The molecule has 0 radical (unpaired) electrons. The van der Waals surface area contributed by atoms with Gasteiger partial charge in [-0.2, -0.15) is 5.26 Å². The van der Waals surface area contributed by atoms with Crippen LogP contribution in [0.25, 0.3) is 11.3 Å². The fourth-order valence-corrected chi connectivity index (χ4v) is 2.84. The molecule has 0 saturated carbocycles. The summed E-state index contributed by atoms with van der Waals surface area (Å²) in [6, 6.07) is 21.7. The van der Waals surface area contributed by atoms with Crippen LogP contribution in [-0.2, 0) is 13.0 Å². The first kappa shape index (κ1) is 18.4. The number of halogens is 1. The standard InChI is InChI=1S/C21H16N4O.ClH/c22-12-17-8-6-16(7-9-17)10-19-13-23-15-25(19)14-20-11-21(24-26-20)18-4-2-1-3-5-18;/h1-9,11,13,15H,10,14H2;1H. The van der Waals surface area contributed by atoms with Crippen molar-refractivity contribution in [1.82, 2.24) is 14.7 Å². The number of benzene rings is 2. The van der Waals surface area contributed by atoms with E-state index in [9.17, 15) is 0 Å². The van der Waals surface area contributed by atoms with Crippen molar-refractivity contribution in [2.24, 2.45) is 0 Å². The molecule has 5 nitrogen and oxygen atoms in total. The van der Waals surface area contributed by atoms with Crippen molar-refractivity contribution in [3.63, 3.8) is 0 Å². The van der Waals surface area contributed by atoms with E-state index in [4.69, 9.17) is 9.78 Å². The first-order valence-electron chi connectivity index (χ1n) is 8.31.